The van der Waals surface area contributed by atoms with Crippen LogP contribution in [0.4, 0.5) is 5.13 Å². The Morgan fingerprint density at radius 3 is 2.26 bits per heavy atom. The minimum atomic E-state index is -3.77. The number of ether oxygens (including phenoxy) is 2. The van der Waals surface area contributed by atoms with E-state index in [1.54, 1.807) is 23.6 Å². The largest absolute Gasteiger partial charge is 0.383 e. The highest BCUT2D eigenvalue weighted by molar-refractivity contribution is 7.89. The van der Waals surface area contributed by atoms with E-state index in [1.165, 1.54) is 54.1 Å². The average molecular weight is 544 g/mol. The smallest absolute Gasteiger partial charge is 0.257 e. The van der Waals surface area contributed by atoms with Crippen LogP contribution in [0.3, 0.4) is 0 Å². The van der Waals surface area contributed by atoms with Crippen molar-refractivity contribution in [1.82, 2.24) is 9.29 Å². The lowest BCUT2D eigenvalue weighted by atomic mass is 10.2. The number of thiazole rings is 1. The van der Waals surface area contributed by atoms with Gasteiger partial charge in [-0.05, 0) is 36.4 Å². The van der Waals surface area contributed by atoms with Crippen molar-refractivity contribution in [2.24, 2.45) is 0 Å². The number of rotatable bonds is 11. The molecule has 0 bridgehead atoms. The third-order valence-corrected chi connectivity index (χ3v) is 8.19. The van der Waals surface area contributed by atoms with Crippen LogP contribution in [-0.2, 0) is 19.5 Å². The molecule has 1 N–H and O–H groups in total. The third-order valence-electron chi connectivity index (χ3n) is 4.78. The zero-order valence-electron chi connectivity index (χ0n) is 18.5. The average Bonchev–Trinajstić information content (AvgIpc) is 3.29. The first-order chi connectivity index (χ1) is 16.3. The summed E-state index contributed by atoms with van der Waals surface area (Å²) in [7, 11) is -0.761. The van der Waals surface area contributed by atoms with Gasteiger partial charge < -0.3 is 9.47 Å². The Morgan fingerprint density at radius 2 is 1.68 bits per heavy atom. The minimum Gasteiger partial charge on any atom is -0.383 e. The number of hydrogen-bond donors (Lipinski definition) is 1. The molecule has 0 saturated carbocycles. The summed E-state index contributed by atoms with van der Waals surface area (Å²) in [5.41, 5.74) is 1.71. The molecular formula is C22H23Cl2N3O5S2. The van der Waals surface area contributed by atoms with Crippen molar-refractivity contribution in [3.63, 3.8) is 0 Å². The summed E-state index contributed by atoms with van der Waals surface area (Å²) < 4.78 is 37.3. The van der Waals surface area contributed by atoms with Crippen LogP contribution in [-0.4, -0.2) is 64.1 Å². The van der Waals surface area contributed by atoms with Gasteiger partial charge in [-0.15, -0.1) is 11.3 Å². The number of carbonyl (C=O) groups is 1. The molecule has 0 atom stereocenters. The van der Waals surface area contributed by atoms with Gasteiger partial charge in [0.1, 0.15) is 0 Å². The number of benzene rings is 2. The highest BCUT2D eigenvalue weighted by atomic mass is 35.5. The Hall–Kier alpha value is -2.05. The van der Waals surface area contributed by atoms with Gasteiger partial charge in [-0.2, -0.15) is 4.31 Å². The van der Waals surface area contributed by atoms with E-state index in [4.69, 9.17) is 32.7 Å². The summed E-state index contributed by atoms with van der Waals surface area (Å²) in [6.45, 7) is 0.883. The number of aromatic nitrogens is 1. The quantitative estimate of drug-likeness (QED) is 0.378. The van der Waals surface area contributed by atoms with Crippen molar-refractivity contribution in [3.8, 4) is 11.3 Å². The summed E-state index contributed by atoms with van der Waals surface area (Å²) >= 11 is 13.3. The lowest BCUT2D eigenvalue weighted by Crippen LogP contribution is -2.36. The fraction of sp³-hybridized carbons (Fsp3) is 0.273. The molecule has 1 aromatic heterocycles. The zero-order chi connectivity index (χ0) is 24.7. The first-order valence-corrected chi connectivity index (χ1v) is 13.1. The number of hydrogen-bond acceptors (Lipinski definition) is 7. The molecule has 3 aromatic rings. The Balaban J connectivity index is 1.71. The van der Waals surface area contributed by atoms with E-state index in [9.17, 15) is 13.2 Å². The molecule has 1 heterocycles. The number of carbonyl (C=O) groups excluding carboxylic acids is 1. The summed E-state index contributed by atoms with van der Waals surface area (Å²) in [5, 5.41) is 5.77. The van der Waals surface area contributed by atoms with Crippen LogP contribution in [0, 0.1) is 0 Å². The van der Waals surface area contributed by atoms with Crippen LogP contribution in [0.5, 0.6) is 0 Å². The SMILES string of the molecule is COCCN(CCOC)S(=O)(=O)c1ccc(C(=O)Nc2nc(-c3ccc(Cl)c(Cl)c3)cs2)cc1. The van der Waals surface area contributed by atoms with E-state index < -0.39 is 15.9 Å². The Labute approximate surface area is 212 Å². The molecule has 0 aliphatic rings. The maximum atomic E-state index is 13.0. The zero-order valence-corrected chi connectivity index (χ0v) is 21.6. The second kappa shape index (κ2) is 12.1. The lowest BCUT2D eigenvalue weighted by Gasteiger charge is -2.21. The Morgan fingerprint density at radius 1 is 1.03 bits per heavy atom. The number of halogens is 2. The van der Waals surface area contributed by atoms with Crippen LogP contribution in [0.2, 0.25) is 10.0 Å². The highest BCUT2D eigenvalue weighted by Crippen LogP contribution is 2.30. The first-order valence-electron chi connectivity index (χ1n) is 10.1. The molecule has 0 radical (unpaired) electrons. The predicted octanol–water partition coefficient (Wildman–Crippen LogP) is 4.65. The van der Waals surface area contributed by atoms with Crippen LogP contribution in [0.1, 0.15) is 10.4 Å². The van der Waals surface area contributed by atoms with Crippen LogP contribution in [0.25, 0.3) is 11.3 Å². The molecule has 0 aliphatic carbocycles. The molecule has 8 nitrogen and oxygen atoms in total. The molecule has 34 heavy (non-hydrogen) atoms. The number of nitrogens with one attached hydrogen (secondary N) is 1. The molecule has 0 unspecified atom stereocenters. The number of amides is 1. The molecule has 0 saturated heterocycles. The maximum absolute atomic E-state index is 13.0. The molecule has 0 fully saturated rings. The lowest BCUT2D eigenvalue weighted by molar-refractivity contribution is 0.102. The van der Waals surface area contributed by atoms with Crippen LogP contribution < -0.4 is 5.32 Å². The number of nitrogens with zero attached hydrogens (tertiary/aromatic N) is 2. The molecular weight excluding hydrogens is 521 g/mol. The van der Waals surface area contributed by atoms with E-state index in [0.717, 1.165) is 5.56 Å². The van der Waals surface area contributed by atoms with E-state index >= 15 is 0 Å². The molecule has 3 rings (SSSR count). The summed E-state index contributed by atoms with van der Waals surface area (Å²) in [4.78, 5) is 17.1. The molecule has 182 valence electrons. The van der Waals surface area contributed by atoms with E-state index in [-0.39, 0.29) is 31.2 Å². The standard InChI is InChI=1S/C22H23Cl2N3O5S2/c1-31-11-9-27(10-12-32-2)34(29,30)17-6-3-15(4-7-17)21(28)26-22-25-20(14-33-22)16-5-8-18(23)19(24)13-16/h3-8,13-14H,9-12H2,1-2H3,(H,25,26,28). The van der Waals surface area contributed by atoms with E-state index in [1.807, 2.05) is 0 Å². The monoisotopic (exact) mass is 543 g/mol. The first kappa shape index (κ1) is 26.6. The summed E-state index contributed by atoms with van der Waals surface area (Å²) in [6, 6.07) is 10.9. The summed E-state index contributed by atoms with van der Waals surface area (Å²) in [6.07, 6.45) is 0. The van der Waals surface area contributed by atoms with E-state index in [2.05, 4.69) is 10.3 Å². The second-order valence-corrected chi connectivity index (χ2v) is 10.6. The van der Waals surface area contributed by atoms with Crippen molar-refractivity contribution in [3.05, 3.63) is 63.5 Å². The highest BCUT2D eigenvalue weighted by Gasteiger charge is 2.24. The van der Waals surface area contributed by atoms with Gasteiger partial charge in [0, 0.05) is 43.8 Å². The van der Waals surface area contributed by atoms with E-state index in [0.29, 0.717) is 26.4 Å². The number of sulfonamides is 1. The summed E-state index contributed by atoms with van der Waals surface area (Å²) in [5.74, 6) is -0.408. The van der Waals surface area contributed by atoms with Crippen molar-refractivity contribution in [2.75, 3.05) is 45.8 Å². The second-order valence-electron chi connectivity index (χ2n) is 7.03. The van der Waals surface area contributed by atoms with Gasteiger partial charge in [0.15, 0.2) is 5.13 Å². The van der Waals surface area contributed by atoms with Gasteiger partial charge in [0.25, 0.3) is 5.91 Å². The predicted molar refractivity (Wildman–Crippen MR) is 134 cm³/mol. The number of anilines is 1. The van der Waals surface area contributed by atoms with Crippen molar-refractivity contribution in [1.29, 1.82) is 0 Å². The van der Waals surface area contributed by atoms with Gasteiger partial charge in [-0.3, -0.25) is 10.1 Å². The van der Waals surface area contributed by atoms with Gasteiger partial charge in [-0.1, -0.05) is 29.3 Å². The van der Waals surface area contributed by atoms with Gasteiger partial charge in [-0.25, -0.2) is 13.4 Å². The Bertz CT molecular complexity index is 1230. The van der Waals surface area contributed by atoms with Gasteiger partial charge >= 0.3 is 0 Å². The Kier molecular flexibility index (Phi) is 9.43. The molecule has 0 aliphatic heterocycles. The van der Waals surface area contributed by atoms with Gasteiger partial charge in [0.05, 0.1) is 33.8 Å². The fourth-order valence-corrected chi connectivity index (χ4v) is 5.37. The van der Waals surface area contributed by atoms with Gasteiger partial charge in [0.2, 0.25) is 10.0 Å². The molecule has 0 spiro atoms. The van der Waals surface area contributed by atoms with Crippen molar-refractivity contribution < 1.29 is 22.7 Å². The fourth-order valence-electron chi connectivity index (χ4n) is 2.95. The third kappa shape index (κ3) is 6.54. The number of methoxy groups -OCH3 is 2. The molecule has 12 heteroatoms. The minimum absolute atomic E-state index is 0.0763. The van der Waals surface area contributed by atoms with Crippen LogP contribution >= 0.6 is 34.5 Å². The normalized spacial score (nSPS) is 11.7. The topological polar surface area (TPSA) is 97.8 Å². The van der Waals surface area contributed by atoms with Crippen molar-refractivity contribution in [2.45, 2.75) is 4.90 Å². The maximum Gasteiger partial charge on any atom is 0.257 e. The van der Waals surface area contributed by atoms with Crippen molar-refractivity contribution >= 4 is 55.6 Å². The molecule has 1 amide bonds. The molecule has 2 aromatic carbocycles. The van der Waals surface area contributed by atoms with Crippen LogP contribution in [0.15, 0.2) is 52.7 Å².